The Labute approximate surface area is 172 Å². The van der Waals surface area contributed by atoms with Crippen LogP contribution in [-0.4, -0.2) is 53.8 Å². The van der Waals surface area contributed by atoms with Crippen molar-refractivity contribution in [2.24, 2.45) is 5.92 Å². The van der Waals surface area contributed by atoms with E-state index in [0.29, 0.717) is 17.2 Å². The highest BCUT2D eigenvalue weighted by Gasteiger charge is 2.38. The Morgan fingerprint density at radius 3 is 2.41 bits per heavy atom. The third-order valence-electron chi connectivity index (χ3n) is 5.95. The lowest BCUT2D eigenvalue weighted by molar-refractivity contribution is -0.143. The van der Waals surface area contributed by atoms with Gasteiger partial charge in [-0.3, -0.25) is 9.59 Å². The number of hydrogen-bond donors (Lipinski definition) is 0. The van der Waals surface area contributed by atoms with E-state index in [2.05, 4.69) is 6.92 Å². The highest BCUT2D eigenvalue weighted by Crippen LogP contribution is 2.37. The molecule has 2 aliphatic rings. The molecule has 29 heavy (non-hydrogen) atoms. The van der Waals surface area contributed by atoms with Crippen LogP contribution in [0.1, 0.15) is 51.5 Å². The summed E-state index contributed by atoms with van der Waals surface area (Å²) in [5.41, 5.74) is 1.89. The number of hydrogen-bond acceptors (Lipinski definition) is 4. The van der Waals surface area contributed by atoms with Crippen LogP contribution in [-0.2, 0) is 19.1 Å². The van der Waals surface area contributed by atoms with Gasteiger partial charge in [-0.1, -0.05) is 37.3 Å². The van der Waals surface area contributed by atoms with Crippen LogP contribution in [0.15, 0.2) is 41.6 Å². The highest BCUT2D eigenvalue weighted by atomic mass is 16.5. The molecule has 0 aliphatic carbocycles. The van der Waals surface area contributed by atoms with Crippen molar-refractivity contribution in [2.75, 3.05) is 26.2 Å². The topological polar surface area (TPSA) is 66.9 Å². The molecule has 0 saturated carbocycles. The number of rotatable bonds is 5. The summed E-state index contributed by atoms with van der Waals surface area (Å²) < 4.78 is 5.29. The molecular formula is C23H30N2O4. The van der Waals surface area contributed by atoms with E-state index in [0.717, 1.165) is 31.5 Å². The fraction of sp³-hybridized carbons (Fsp3) is 0.522. The number of carbonyl (C=O) groups is 3. The van der Waals surface area contributed by atoms with Gasteiger partial charge in [0.2, 0.25) is 11.8 Å². The minimum Gasteiger partial charge on any atom is -0.463 e. The van der Waals surface area contributed by atoms with E-state index in [1.165, 1.54) is 4.90 Å². The summed E-state index contributed by atoms with van der Waals surface area (Å²) in [6, 6.07) is 9.52. The molecule has 3 rings (SSSR count). The molecule has 156 valence electrons. The van der Waals surface area contributed by atoms with Crippen molar-refractivity contribution in [3.8, 4) is 0 Å². The first-order valence-electron chi connectivity index (χ1n) is 10.4. The first-order chi connectivity index (χ1) is 13.9. The van der Waals surface area contributed by atoms with E-state index in [1.807, 2.05) is 35.2 Å². The van der Waals surface area contributed by atoms with Crippen molar-refractivity contribution in [2.45, 2.75) is 46.0 Å². The zero-order chi connectivity index (χ0) is 21.0. The molecule has 0 aromatic heterocycles. The minimum absolute atomic E-state index is 0.0243. The fourth-order valence-corrected chi connectivity index (χ4v) is 4.14. The van der Waals surface area contributed by atoms with Crippen LogP contribution in [0.25, 0.3) is 0 Å². The predicted octanol–water partition coefficient (Wildman–Crippen LogP) is 3.10. The van der Waals surface area contributed by atoms with Crippen LogP contribution < -0.4 is 0 Å². The second kappa shape index (κ2) is 9.25. The summed E-state index contributed by atoms with van der Waals surface area (Å²) in [5.74, 6) is -0.353. The second-order valence-electron chi connectivity index (χ2n) is 7.93. The molecule has 0 spiro atoms. The van der Waals surface area contributed by atoms with Crippen LogP contribution in [0, 0.1) is 5.92 Å². The number of allylic oxidation sites excluding steroid dienone is 1. The van der Waals surface area contributed by atoms with Gasteiger partial charge in [0.05, 0.1) is 12.2 Å². The molecule has 2 amide bonds. The zero-order valence-electron chi connectivity index (χ0n) is 17.5. The first kappa shape index (κ1) is 21.1. The summed E-state index contributed by atoms with van der Waals surface area (Å²) >= 11 is 0. The number of piperidine rings is 1. The number of esters is 1. The van der Waals surface area contributed by atoms with Crippen LogP contribution in [0.4, 0.5) is 0 Å². The van der Waals surface area contributed by atoms with E-state index < -0.39 is 5.97 Å². The van der Waals surface area contributed by atoms with E-state index in [9.17, 15) is 14.4 Å². The van der Waals surface area contributed by atoms with Gasteiger partial charge in [0.15, 0.2) is 0 Å². The smallest absolute Gasteiger partial charge is 0.336 e. The second-order valence-corrected chi connectivity index (χ2v) is 7.93. The average molecular weight is 399 g/mol. The Bertz CT molecular complexity index is 794. The van der Waals surface area contributed by atoms with Gasteiger partial charge in [-0.15, -0.1) is 0 Å². The quantitative estimate of drug-likeness (QED) is 0.715. The molecule has 0 unspecified atom stereocenters. The lowest BCUT2D eigenvalue weighted by Gasteiger charge is -2.36. The van der Waals surface area contributed by atoms with E-state index in [-0.39, 0.29) is 37.3 Å². The van der Waals surface area contributed by atoms with Crippen LogP contribution >= 0.6 is 0 Å². The molecule has 2 heterocycles. The highest BCUT2D eigenvalue weighted by molar-refractivity contribution is 5.97. The number of likely N-dealkylation sites (tertiary alicyclic amines) is 1. The van der Waals surface area contributed by atoms with E-state index in [4.69, 9.17) is 4.74 Å². The van der Waals surface area contributed by atoms with Crippen molar-refractivity contribution in [3.05, 3.63) is 47.2 Å². The molecule has 2 aliphatic heterocycles. The van der Waals surface area contributed by atoms with Gasteiger partial charge in [0, 0.05) is 31.1 Å². The van der Waals surface area contributed by atoms with Gasteiger partial charge in [-0.25, -0.2) is 4.79 Å². The minimum atomic E-state index is -0.421. The molecule has 1 aromatic carbocycles. The Morgan fingerprint density at radius 2 is 1.79 bits per heavy atom. The van der Waals surface area contributed by atoms with Gasteiger partial charge in [0.25, 0.3) is 0 Å². The maximum Gasteiger partial charge on any atom is 0.336 e. The summed E-state index contributed by atoms with van der Waals surface area (Å²) in [6.07, 6.45) is 2.12. The molecule has 6 heteroatoms. The zero-order valence-corrected chi connectivity index (χ0v) is 17.5. The number of ether oxygens (including phenoxy) is 1. The number of benzene rings is 1. The van der Waals surface area contributed by atoms with E-state index >= 15 is 0 Å². The Balaban J connectivity index is 1.87. The fourth-order valence-electron chi connectivity index (χ4n) is 4.14. The van der Waals surface area contributed by atoms with Gasteiger partial charge >= 0.3 is 5.97 Å². The molecule has 1 saturated heterocycles. The number of nitrogens with zero attached hydrogens (tertiary/aromatic N) is 2. The molecule has 1 atom stereocenters. The number of carbonyl (C=O) groups excluding carboxylic acids is 3. The monoisotopic (exact) mass is 398 g/mol. The first-order valence-corrected chi connectivity index (χ1v) is 10.4. The molecule has 0 radical (unpaired) electrons. The summed E-state index contributed by atoms with van der Waals surface area (Å²) in [7, 11) is 0. The van der Waals surface area contributed by atoms with Gasteiger partial charge in [-0.2, -0.15) is 0 Å². The van der Waals surface area contributed by atoms with Crippen molar-refractivity contribution < 1.29 is 19.1 Å². The largest absolute Gasteiger partial charge is 0.463 e. The SMILES string of the molecule is CCOC(=O)C1=C(C)N(CC(=O)N2CCC(C)CC2)C(=O)C[C@@H]1c1ccccc1. The summed E-state index contributed by atoms with van der Waals surface area (Å²) in [6.45, 7) is 7.38. The normalized spacial score (nSPS) is 20.8. The lowest BCUT2D eigenvalue weighted by atomic mass is 9.83. The molecule has 1 aromatic rings. The predicted molar refractivity (Wildman–Crippen MR) is 110 cm³/mol. The van der Waals surface area contributed by atoms with Gasteiger partial charge < -0.3 is 14.5 Å². The summed E-state index contributed by atoms with van der Waals surface area (Å²) in [5, 5.41) is 0. The van der Waals surface area contributed by atoms with Crippen LogP contribution in [0.2, 0.25) is 0 Å². The third kappa shape index (κ3) is 4.69. The summed E-state index contributed by atoms with van der Waals surface area (Å²) in [4.78, 5) is 41.8. The third-order valence-corrected chi connectivity index (χ3v) is 5.95. The van der Waals surface area contributed by atoms with Crippen LogP contribution in [0.5, 0.6) is 0 Å². The molecule has 0 N–H and O–H groups in total. The molecule has 6 nitrogen and oxygen atoms in total. The van der Waals surface area contributed by atoms with E-state index in [1.54, 1.807) is 13.8 Å². The Morgan fingerprint density at radius 1 is 1.14 bits per heavy atom. The van der Waals surface area contributed by atoms with Crippen molar-refractivity contribution >= 4 is 17.8 Å². The van der Waals surface area contributed by atoms with Crippen LogP contribution in [0.3, 0.4) is 0 Å². The van der Waals surface area contributed by atoms with Crippen molar-refractivity contribution in [3.63, 3.8) is 0 Å². The van der Waals surface area contributed by atoms with Crippen molar-refractivity contribution in [1.29, 1.82) is 0 Å². The Hall–Kier alpha value is -2.63. The maximum absolute atomic E-state index is 13.0. The van der Waals surface area contributed by atoms with Gasteiger partial charge in [-0.05, 0) is 38.2 Å². The lowest BCUT2D eigenvalue weighted by Crippen LogP contribution is -2.47. The molecular weight excluding hydrogens is 368 g/mol. The average Bonchev–Trinajstić information content (AvgIpc) is 2.71. The molecule has 1 fully saturated rings. The number of amides is 2. The Kier molecular flexibility index (Phi) is 6.72. The van der Waals surface area contributed by atoms with Gasteiger partial charge in [0.1, 0.15) is 6.54 Å². The van der Waals surface area contributed by atoms with Crippen molar-refractivity contribution in [1.82, 2.24) is 9.80 Å². The molecule has 0 bridgehead atoms. The standard InChI is InChI=1S/C23H30N2O4/c1-4-29-23(28)22-17(3)25(15-21(27)24-12-10-16(2)11-13-24)20(26)14-19(22)18-8-6-5-7-9-18/h5-9,16,19H,4,10-15H2,1-3H3/t19-/m1/s1. The maximum atomic E-state index is 13.0.